The number of nitrogens with one attached hydrogen (secondary N) is 2. The zero-order chi connectivity index (χ0) is 14.9. The zero-order valence-electron chi connectivity index (χ0n) is 11.6. The van der Waals surface area contributed by atoms with Gasteiger partial charge in [-0.2, -0.15) is 15.0 Å². The van der Waals surface area contributed by atoms with Gasteiger partial charge in [-0.15, -0.1) is 0 Å². The van der Waals surface area contributed by atoms with Gasteiger partial charge in [0, 0.05) is 26.7 Å². The second kappa shape index (κ2) is 5.68. The first-order valence-electron chi connectivity index (χ1n) is 6.68. The van der Waals surface area contributed by atoms with Crippen molar-refractivity contribution in [2.24, 2.45) is 7.05 Å². The number of sulfonamides is 1. The van der Waals surface area contributed by atoms with Crippen molar-refractivity contribution < 1.29 is 13.2 Å². The van der Waals surface area contributed by atoms with E-state index in [1.54, 1.807) is 19.2 Å². The fraction of sp³-hybridized carbons (Fsp3) is 0.500. The second-order valence-electron chi connectivity index (χ2n) is 4.86. The zero-order valence-corrected chi connectivity index (χ0v) is 12.4. The Morgan fingerprint density at radius 1 is 1.48 bits per heavy atom. The van der Waals surface area contributed by atoms with Crippen LogP contribution >= 0.6 is 0 Å². The molecule has 0 radical (unpaired) electrons. The largest absolute Gasteiger partial charge is 0.374 e. The Hall–Kier alpha value is -1.55. The van der Waals surface area contributed by atoms with Crippen molar-refractivity contribution in [1.29, 1.82) is 0 Å². The minimum atomic E-state index is -3.65. The Morgan fingerprint density at radius 3 is 3.10 bits per heavy atom. The molecular weight excluding hydrogens is 294 g/mol. The lowest BCUT2D eigenvalue weighted by molar-refractivity contribution is 0.0324. The molecule has 2 aromatic rings. The van der Waals surface area contributed by atoms with Gasteiger partial charge in [0.05, 0.1) is 12.7 Å². The highest BCUT2D eigenvalue weighted by Crippen LogP contribution is 2.19. The molecule has 114 valence electrons. The molecule has 0 bridgehead atoms. The van der Waals surface area contributed by atoms with Gasteiger partial charge in [0.2, 0.25) is 10.0 Å². The Labute approximate surface area is 122 Å². The molecule has 0 unspecified atom stereocenters. The summed E-state index contributed by atoms with van der Waals surface area (Å²) in [5.74, 6) is 0. The van der Waals surface area contributed by atoms with Gasteiger partial charge < -0.3 is 10.1 Å². The molecule has 9 heteroatoms. The molecular formula is C12H17N5O3S. The molecule has 0 saturated carbocycles. The van der Waals surface area contributed by atoms with Crippen LogP contribution in [-0.4, -0.2) is 55.8 Å². The minimum absolute atomic E-state index is 0.136. The van der Waals surface area contributed by atoms with Gasteiger partial charge in [0.25, 0.3) is 0 Å². The van der Waals surface area contributed by atoms with Crippen LogP contribution < -0.4 is 10.0 Å². The number of aryl methyl sites for hydroxylation is 1. The van der Waals surface area contributed by atoms with E-state index < -0.39 is 10.0 Å². The lowest BCUT2D eigenvalue weighted by Crippen LogP contribution is -2.45. The van der Waals surface area contributed by atoms with Crippen LogP contribution in [0.1, 0.15) is 0 Å². The summed E-state index contributed by atoms with van der Waals surface area (Å²) >= 11 is 0. The summed E-state index contributed by atoms with van der Waals surface area (Å²) in [4.78, 5) is 1.49. The van der Waals surface area contributed by atoms with Crippen LogP contribution in [0.3, 0.4) is 0 Å². The molecule has 1 aliphatic heterocycles. The van der Waals surface area contributed by atoms with Crippen molar-refractivity contribution in [2.75, 3.05) is 26.2 Å². The van der Waals surface area contributed by atoms with Crippen molar-refractivity contribution in [2.45, 2.75) is 11.0 Å². The third-order valence-electron chi connectivity index (χ3n) is 3.27. The summed E-state index contributed by atoms with van der Waals surface area (Å²) in [7, 11) is -1.99. The van der Waals surface area contributed by atoms with Crippen molar-refractivity contribution in [3.63, 3.8) is 0 Å². The molecule has 3 rings (SSSR count). The fourth-order valence-corrected chi connectivity index (χ4v) is 3.48. The average molecular weight is 311 g/mol. The number of hydrogen-bond donors (Lipinski definition) is 2. The Balaban J connectivity index is 1.82. The summed E-state index contributed by atoms with van der Waals surface area (Å²) < 4.78 is 32.9. The molecule has 0 spiro atoms. The van der Waals surface area contributed by atoms with Gasteiger partial charge in [-0.1, -0.05) is 6.07 Å². The molecule has 2 heterocycles. The van der Waals surface area contributed by atoms with Crippen LogP contribution in [-0.2, 0) is 21.8 Å². The first kappa shape index (κ1) is 14.4. The number of morpholine rings is 1. The number of aromatic nitrogens is 3. The Bertz CT molecular complexity index is 736. The van der Waals surface area contributed by atoms with Gasteiger partial charge in [0.15, 0.2) is 0 Å². The summed E-state index contributed by atoms with van der Waals surface area (Å²) in [5.41, 5.74) is 0.922. The van der Waals surface area contributed by atoms with Crippen LogP contribution in [0.5, 0.6) is 0 Å². The molecule has 1 aromatic heterocycles. The highest BCUT2D eigenvalue weighted by molar-refractivity contribution is 7.89. The Morgan fingerprint density at radius 2 is 2.33 bits per heavy atom. The monoisotopic (exact) mass is 311 g/mol. The molecule has 0 amide bonds. The summed E-state index contributed by atoms with van der Waals surface area (Å²) in [6.45, 7) is 2.25. The van der Waals surface area contributed by atoms with Gasteiger partial charge in [-0.3, -0.25) is 0 Å². The van der Waals surface area contributed by atoms with E-state index in [2.05, 4.69) is 20.2 Å². The molecule has 2 N–H and O–H groups in total. The third-order valence-corrected chi connectivity index (χ3v) is 4.72. The third kappa shape index (κ3) is 3.05. The standard InChI is InChI=1S/C12H17N5O3S/c1-17-15-10-3-2-4-11(12(10)16-17)21(18,19)14-8-9-7-13-5-6-20-9/h2-4,9,13-14H,5-8H2,1H3/t9-/m1/s1. The maximum atomic E-state index is 12.4. The highest BCUT2D eigenvalue weighted by Gasteiger charge is 2.22. The summed E-state index contributed by atoms with van der Waals surface area (Å²) in [5, 5.41) is 11.4. The maximum absolute atomic E-state index is 12.4. The number of ether oxygens (including phenoxy) is 1. The van der Waals surface area contributed by atoms with Crippen molar-refractivity contribution in [3.05, 3.63) is 18.2 Å². The fourth-order valence-electron chi connectivity index (χ4n) is 2.26. The second-order valence-corrected chi connectivity index (χ2v) is 6.60. The molecule has 1 aliphatic rings. The van der Waals surface area contributed by atoms with Crippen LogP contribution in [0, 0.1) is 0 Å². The van der Waals surface area contributed by atoms with E-state index in [0.717, 1.165) is 6.54 Å². The normalized spacial score (nSPS) is 20.0. The first-order chi connectivity index (χ1) is 10.1. The predicted molar refractivity (Wildman–Crippen MR) is 76.3 cm³/mol. The summed E-state index contributed by atoms with van der Waals surface area (Å²) in [6.07, 6.45) is -0.158. The predicted octanol–water partition coefficient (Wildman–Crippen LogP) is -0.765. The number of rotatable bonds is 4. The van der Waals surface area contributed by atoms with Gasteiger partial charge in [-0.05, 0) is 12.1 Å². The quantitative estimate of drug-likeness (QED) is 0.770. The molecule has 1 saturated heterocycles. The van der Waals surface area contributed by atoms with E-state index >= 15 is 0 Å². The van der Waals surface area contributed by atoms with Crippen LogP contribution in [0.4, 0.5) is 0 Å². The van der Waals surface area contributed by atoms with Crippen LogP contribution in [0.2, 0.25) is 0 Å². The molecule has 1 atom stereocenters. The molecule has 1 fully saturated rings. The first-order valence-corrected chi connectivity index (χ1v) is 8.16. The van der Waals surface area contributed by atoms with Gasteiger partial charge >= 0.3 is 0 Å². The minimum Gasteiger partial charge on any atom is -0.374 e. The van der Waals surface area contributed by atoms with E-state index in [1.165, 1.54) is 10.9 Å². The topological polar surface area (TPSA) is 98.1 Å². The maximum Gasteiger partial charge on any atom is 0.242 e. The van der Waals surface area contributed by atoms with E-state index in [9.17, 15) is 8.42 Å². The number of benzene rings is 1. The van der Waals surface area contributed by atoms with E-state index in [-0.39, 0.29) is 17.5 Å². The van der Waals surface area contributed by atoms with Gasteiger partial charge in [0.1, 0.15) is 15.9 Å². The number of fused-ring (bicyclic) bond motifs is 1. The van der Waals surface area contributed by atoms with Gasteiger partial charge in [-0.25, -0.2) is 13.1 Å². The van der Waals surface area contributed by atoms with Crippen molar-refractivity contribution in [1.82, 2.24) is 25.0 Å². The lowest BCUT2D eigenvalue weighted by atomic mass is 10.3. The SMILES string of the molecule is Cn1nc2cccc(S(=O)(=O)NC[C@H]3CNCCO3)c2n1. The van der Waals surface area contributed by atoms with Crippen molar-refractivity contribution in [3.8, 4) is 0 Å². The highest BCUT2D eigenvalue weighted by atomic mass is 32.2. The number of nitrogens with zero attached hydrogens (tertiary/aromatic N) is 3. The lowest BCUT2D eigenvalue weighted by Gasteiger charge is -2.23. The average Bonchev–Trinajstić information content (AvgIpc) is 2.86. The van der Waals surface area contributed by atoms with E-state index in [0.29, 0.717) is 24.2 Å². The Kier molecular flexibility index (Phi) is 3.89. The number of hydrogen-bond acceptors (Lipinski definition) is 6. The van der Waals surface area contributed by atoms with Crippen LogP contribution in [0.25, 0.3) is 11.0 Å². The molecule has 21 heavy (non-hydrogen) atoms. The summed E-state index contributed by atoms with van der Waals surface area (Å²) in [6, 6.07) is 4.92. The molecule has 1 aromatic carbocycles. The molecule has 0 aliphatic carbocycles. The van der Waals surface area contributed by atoms with E-state index in [1.807, 2.05) is 0 Å². The molecule has 8 nitrogen and oxygen atoms in total. The van der Waals surface area contributed by atoms with Crippen molar-refractivity contribution >= 4 is 21.1 Å². The van der Waals surface area contributed by atoms with Crippen LogP contribution in [0.15, 0.2) is 23.1 Å². The smallest absolute Gasteiger partial charge is 0.242 e. The van der Waals surface area contributed by atoms with E-state index in [4.69, 9.17) is 4.74 Å².